The summed E-state index contributed by atoms with van der Waals surface area (Å²) in [6.07, 6.45) is 0. The number of nitrogens with one attached hydrogen (secondary N) is 1. The van der Waals surface area contributed by atoms with Gasteiger partial charge in [0, 0.05) is 11.3 Å². The van der Waals surface area contributed by atoms with Gasteiger partial charge in [-0.05, 0) is 36.4 Å². The zero-order chi connectivity index (χ0) is 16.2. The first-order valence-corrected chi connectivity index (χ1v) is 7.30. The molecule has 0 atom stereocenters. The number of ether oxygens (including phenoxy) is 1. The fraction of sp³-hybridized carbons (Fsp3) is 0.176. The minimum atomic E-state index is -0.493. The number of carbonyl (C=O) groups excluding carboxylic acids is 2. The number of benzene rings is 2. The van der Waals surface area contributed by atoms with Crippen molar-refractivity contribution in [2.45, 2.75) is 0 Å². The van der Waals surface area contributed by atoms with Gasteiger partial charge in [-0.1, -0.05) is 12.1 Å². The zero-order valence-corrected chi connectivity index (χ0v) is 12.5. The molecule has 1 heterocycles. The summed E-state index contributed by atoms with van der Waals surface area (Å²) in [6, 6.07) is 14.1. The Kier molecular flexibility index (Phi) is 4.14. The van der Waals surface area contributed by atoms with Crippen LogP contribution in [-0.4, -0.2) is 31.5 Å². The maximum absolute atomic E-state index is 12.2. The third-order valence-corrected chi connectivity index (χ3v) is 3.61. The van der Waals surface area contributed by atoms with Crippen molar-refractivity contribution in [2.24, 2.45) is 5.73 Å². The smallest absolute Gasteiger partial charge is 0.248 e. The van der Waals surface area contributed by atoms with E-state index in [1.54, 1.807) is 24.3 Å². The van der Waals surface area contributed by atoms with E-state index in [9.17, 15) is 9.59 Å². The topological polar surface area (TPSA) is 84.7 Å². The summed E-state index contributed by atoms with van der Waals surface area (Å²) in [5.41, 5.74) is 7.14. The van der Waals surface area contributed by atoms with Crippen molar-refractivity contribution in [1.82, 2.24) is 0 Å². The van der Waals surface area contributed by atoms with E-state index >= 15 is 0 Å². The number of para-hydroxylation sites is 2. The van der Waals surface area contributed by atoms with Crippen LogP contribution in [0.1, 0.15) is 10.4 Å². The molecule has 118 valence electrons. The molecule has 0 aromatic heterocycles. The van der Waals surface area contributed by atoms with Gasteiger partial charge in [0.1, 0.15) is 12.4 Å². The van der Waals surface area contributed by atoms with Crippen LogP contribution in [0.25, 0.3) is 0 Å². The molecule has 2 amide bonds. The number of nitrogens with two attached hydrogens (primary N) is 1. The van der Waals surface area contributed by atoms with Crippen LogP contribution >= 0.6 is 0 Å². The molecular formula is C17H17N3O3. The lowest BCUT2D eigenvalue weighted by Crippen LogP contribution is -2.38. The SMILES string of the molecule is NC(=O)c1ccc(NC(=O)CN2CCOc3ccccc32)cc1. The fourth-order valence-electron chi connectivity index (χ4n) is 2.48. The van der Waals surface area contributed by atoms with Gasteiger partial charge in [-0.25, -0.2) is 0 Å². The minimum Gasteiger partial charge on any atom is -0.490 e. The van der Waals surface area contributed by atoms with Crippen LogP contribution in [0.2, 0.25) is 0 Å². The summed E-state index contributed by atoms with van der Waals surface area (Å²) >= 11 is 0. The third-order valence-electron chi connectivity index (χ3n) is 3.61. The number of amides is 2. The third kappa shape index (κ3) is 3.42. The molecular weight excluding hydrogens is 294 g/mol. The Balaban J connectivity index is 1.65. The van der Waals surface area contributed by atoms with Crippen molar-refractivity contribution in [1.29, 1.82) is 0 Å². The van der Waals surface area contributed by atoms with E-state index in [-0.39, 0.29) is 12.5 Å². The molecule has 0 radical (unpaired) electrons. The molecule has 2 aromatic carbocycles. The number of hydrogen-bond acceptors (Lipinski definition) is 4. The van der Waals surface area contributed by atoms with Gasteiger partial charge in [0.05, 0.1) is 18.8 Å². The van der Waals surface area contributed by atoms with Crippen molar-refractivity contribution < 1.29 is 14.3 Å². The molecule has 1 aliphatic heterocycles. The Labute approximate surface area is 133 Å². The maximum Gasteiger partial charge on any atom is 0.248 e. The lowest BCUT2D eigenvalue weighted by Gasteiger charge is -2.30. The Morgan fingerprint density at radius 3 is 2.61 bits per heavy atom. The number of anilines is 2. The molecule has 6 nitrogen and oxygen atoms in total. The molecule has 3 rings (SSSR count). The molecule has 0 bridgehead atoms. The van der Waals surface area contributed by atoms with E-state index in [4.69, 9.17) is 10.5 Å². The van der Waals surface area contributed by atoms with Crippen LogP contribution < -0.4 is 20.7 Å². The van der Waals surface area contributed by atoms with Gasteiger partial charge in [-0.3, -0.25) is 9.59 Å². The van der Waals surface area contributed by atoms with E-state index in [1.165, 1.54) is 0 Å². The first-order chi connectivity index (χ1) is 11.1. The molecule has 3 N–H and O–H groups in total. The highest BCUT2D eigenvalue weighted by atomic mass is 16.5. The molecule has 6 heteroatoms. The second kappa shape index (κ2) is 6.39. The number of hydrogen-bond donors (Lipinski definition) is 2. The van der Waals surface area contributed by atoms with Crippen LogP contribution in [0.5, 0.6) is 5.75 Å². The van der Waals surface area contributed by atoms with Crippen molar-refractivity contribution in [2.75, 3.05) is 29.9 Å². The number of nitrogens with zero attached hydrogens (tertiary/aromatic N) is 1. The minimum absolute atomic E-state index is 0.131. The first kappa shape index (κ1) is 14.9. The van der Waals surface area contributed by atoms with Crippen molar-refractivity contribution in [3.8, 4) is 5.75 Å². The number of rotatable bonds is 4. The van der Waals surface area contributed by atoms with Crippen LogP contribution in [0.4, 0.5) is 11.4 Å². The van der Waals surface area contributed by atoms with Crippen molar-refractivity contribution in [3.63, 3.8) is 0 Å². The molecule has 0 saturated carbocycles. The van der Waals surface area contributed by atoms with E-state index in [2.05, 4.69) is 5.32 Å². The Hall–Kier alpha value is -3.02. The van der Waals surface area contributed by atoms with Crippen molar-refractivity contribution in [3.05, 3.63) is 54.1 Å². The quantitative estimate of drug-likeness (QED) is 0.898. The molecule has 1 aliphatic rings. The van der Waals surface area contributed by atoms with Gasteiger partial charge < -0.3 is 20.7 Å². The molecule has 2 aromatic rings. The highest BCUT2D eigenvalue weighted by Crippen LogP contribution is 2.30. The largest absolute Gasteiger partial charge is 0.490 e. The average Bonchev–Trinajstić information content (AvgIpc) is 2.55. The van der Waals surface area contributed by atoms with Gasteiger partial charge in [-0.2, -0.15) is 0 Å². The van der Waals surface area contributed by atoms with Crippen LogP contribution in [-0.2, 0) is 4.79 Å². The molecule has 0 unspecified atom stereocenters. The average molecular weight is 311 g/mol. The molecule has 0 saturated heterocycles. The van der Waals surface area contributed by atoms with Gasteiger partial charge in [-0.15, -0.1) is 0 Å². The summed E-state index contributed by atoms with van der Waals surface area (Å²) in [7, 11) is 0. The second-order valence-electron chi connectivity index (χ2n) is 5.23. The maximum atomic E-state index is 12.2. The van der Waals surface area contributed by atoms with Crippen LogP contribution in [0.3, 0.4) is 0 Å². The van der Waals surface area contributed by atoms with E-state index in [0.29, 0.717) is 24.4 Å². The van der Waals surface area contributed by atoms with Crippen molar-refractivity contribution >= 4 is 23.2 Å². The molecule has 0 spiro atoms. The number of carbonyl (C=O) groups is 2. The van der Waals surface area contributed by atoms with Crippen LogP contribution in [0.15, 0.2) is 48.5 Å². The highest BCUT2D eigenvalue weighted by Gasteiger charge is 2.19. The lowest BCUT2D eigenvalue weighted by molar-refractivity contribution is -0.115. The molecule has 23 heavy (non-hydrogen) atoms. The summed E-state index contributed by atoms with van der Waals surface area (Å²) in [5, 5.41) is 2.81. The van der Waals surface area contributed by atoms with E-state index in [1.807, 2.05) is 29.2 Å². The molecule has 0 aliphatic carbocycles. The van der Waals surface area contributed by atoms with Crippen LogP contribution in [0, 0.1) is 0 Å². The van der Waals surface area contributed by atoms with Gasteiger partial charge in [0.15, 0.2) is 0 Å². The zero-order valence-electron chi connectivity index (χ0n) is 12.5. The lowest BCUT2D eigenvalue weighted by atomic mass is 10.2. The predicted molar refractivity (Wildman–Crippen MR) is 87.7 cm³/mol. The highest BCUT2D eigenvalue weighted by molar-refractivity contribution is 5.96. The Morgan fingerprint density at radius 2 is 1.87 bits per heavy atom. The Bertz CT molecular complexity index is 728. The predicted octanol–water partition coefficient (Wildman–Crippen LogP) is 1.62. The molecule has 0 fully saturated rings. The van der Waals surface area contributed by atoms with Gasteiger partial charge in [0.2, 0.25) is 11.8 Å². The summed E-state index contributed by atoms with van der Waals surface area (Å²) < 4.78 is 5.57. The summed E-state index contributed by atoms with van der Waals surface area (Å²) in [5.74, 6) is 0.165. The number of primary amides is 1. The summed E-state index contributed by atoms with van der Waals surface area (Å²) in [6.45, 7) is 1.45. The number of fused-ring (bicyclic) bond motifs is 1. The van der Waals surface area contributed by atoms with E-state index < -0.39 is 5.91 Å². The second-order valence-corrected chi connectivity index (χ2v) is 5.23. The monoisotopic (exact) mass is 311 g/mol. The first-order valence-electron chi connectivity index (χ1n) is 7.30. The van der Waals surface area contributed by atoms with Gasteiger partial charge in [0.25, 0.3) is 0 Å². The Morgan fingerprint density at radius 1 is 1.13 bits per heavy atom. The van der Waals surface area contributed by atoms with Gasteiger partial charge >= 0.3 is 0 Å². The normalized spacial score (nSPS) is 13.0. The fourth-order valence-corrected chi connectivity index (χ4v) is 2.48. The standard InChI is InChI=1S/C17H17N3O3/c18-17(22)12-5-7-13(8-6-12)19-16(21)11-20-9-10-23-15-4-2-1-3-14(15)20/h1-8H,9-11H2,(H2,18,22)(H,19,21). The summed E-state index contributed by atoms with van der Waals surface area (Å²) in [4.78, 5) is 25.2. The van der Waals surface area contributed by atoms with E-state index in [0.717, 1.165) is 11.4 Å².